The van der Waals surface area contributed by atoms with E-state index in [0.717, 1.165) is 0 Å². The molecule has 8 N–H and O–H groups in total. The third-order valence-corrected chi connectivity index (χ3v) is 4.42. The van der Waals surface area contributed by atoms with Crippen LogP contribution < -0.4 is 0 Å². The fourth-order valence-electron chi connectivity index (χ4n) is 2.84. The van der Waals surface area contributed by atoms with Gasteiger partial charge in [0.1, 0.15) is 0 Å². The summed E-state index contributed by atoms with van der Waals surface area (Å²) in [6.45, 7) is 0. The van der Waals surface area contributed by atoms with Gasteiger partial charge in [-0.3, -0.25) is 28.8 Å². The van der Waals surface area contributed by atoms with Crippen molar-refractivity contribution in [1.82, 2.24) is 0 Å². The van der Waals surface area contributed by atoms with E-state index in [1.54, 1.807) is 0 Å². The van der Waals surface area contributed by atoms with E-state index < -0.39 is 109 Å². The summed E-state index contributed by atoms with van der Waals surface area (Å²) in [5.74, 6) is -19.1. The molecule has 0 heterocycles. The molecule has 0 rings (SSSR count). The summed E-state index contributed by atoms with van der Waals surface area (Å²) < 4.78 is 8.84. The molecule has 0 spiro atoms. The molecule has 0 amide bonds. The van der Waals surface area contributed by atoms with Crippen molar-refractivity contribution in [1.29, 1.82) is 0 Å². The molecule has 38 heavy (non-hydrogen) atoms. The second-order valence-corrected chi connectivity index (χ2v) is 7.52. The quantitative estimate of drug-likeness (QED) is 0.0629. The Balaban J connectivity index is 0. The normalized spacial score (nSPS) is 13.8. The standard InChI is InChI=1S/C18H20O19.Na.H/c19-7(20)1-16(35,13(29)30)5-11(27)36-18(15(33)34,4-10(25)26)6-12(28)37-17(14(31)32,2-8(21)22)3-9(23)24;;/h35H,1-6H2,(H,19,20)(H,21,22)(H,23,24)(H,25,26)(H,29,30)(H,31,32)(H,33,34);;. The van der Waals surface area contributed by atoms with E-state index in [0.29, 0.717) is 0 Å². The van der Waals surface area contributed by atoms with E-state index in [1.165, 1.54) is 0 Å². The van der Waals surface area contributed by atoms with Crippen LogP contribution >= 0.6 is 0 Å². The van der Waals surface area contributed by atoms with Crippen molar-refractivity contribution in [2.45, 2.75) is 55.3 Å². The first-order valence-electron chi connectivity index (χ1n) is 9.44. The van der Waals surface area contributed by atoms with Gasteiger partial charge in [0.05, 0.1) is 38.5 Å². The van der Waals surface area contributed by atoms with Gasteiger partial charge in [-0.05, 0) is 0 Å². The number of carboxylic acids is 7. The number of hydrogen-bond donors (Lipinski definition) is 8. The van der Waals surface area contributed by atoms with E-state index in [1.807, 2.05) is 0 Å². The summed E-state index contributed by atoms with van der Waals surface area (Å²) in [6.07, 6.45) is -10.3. The molecular formula is C18H21NaO19. The van der Waals surface area contributed by atoms with Crippen LogP contribution in [0.3, 0.4) is 0 Å². The minimum atomic E-state index is -3.50. The van der Waals surface area contributed by atoms with Crippen LogP contribution in [0.5, 0.6) is 0 Å². The van der Waals surface area contributed by atoms with Crippen molar-refractivity contribution in [2.75, 3.05) is 0 Å². The van der Waals surface area contributed by atoms with Crippen LogP contribution in [-0.2, 0) is 52.6 Å². The third kappa shape index (κ3) is 10.7. The zero-order chi connectivity index (χ0) is 29.4. The van der Waals surface area contributed by atoms with Gasteiger partial charge in [0.15, 0.2) is 5.60 Å². The van der Waals surface area contributed by atoms with E-state index in [9.17, 15) is 58.5 Å². The summed E-state index contributed by atoms with van der Waals surface area (Å²) in [5, 5.41) is 73.2. The van der Waals surface area contributed by atoms with Gasteiger partial charge >= 0.3 is 83.3 Å². The average molecular weight is 564 g/mol. The van der Waals surface area contributed by atoms with Crippen molar-refractivity contribution in [3.05, 3.63) is 0 Å². The maximum atomic E-state index is 12.4. The molecule has 0 bridgehead atoms. The number of carbonyl (C=O) groups is 9. The number of aliphatic carboxylic acids is 7. The predicted octanol–water partition coefficient (Wildman–Crippen LogP) is -3.43. The first-order chi connectivity index (χ1) is 16.7. The van der Waals surface area contributed by atoms with Crippen molar-refractivity contribution in [3.8, 4) is 0 Å². The Morgan fingerprint density at radius 2 is 0.737 bits per heavy atom. The molecule has 2 unspecified atom stereocenters. The van der Waals surface area contributed by atoms with Gasteiger partial charge in [-0.25, -0.2) is 14.4 Å². The average Bonchev–Trinajstić information content (AvgIpc) is 2.64. The molecule has 0 aliphatic heterocycles. The first kappa shape index (κ1) is 36.3. The third-order valence-electron chi connectivity index (χ3n) is 4.42. The van der Waals surface area contributed by atoms with Gasteiger partial charge in [-0.2, -0.15) is 0 Å². The monoisotopic (exact) mass is 564 g/mol. The Labute approximate surface area is 231 Å². The summed E-state index contributed by atoms with van der Waals surface area (Å²) in [4.78, 5) is 103. The summed E-state index contributed by atoms with van der Waals surface area (Å²) >= 11 is 0. The molecule has 20 heteroatoms. The Morgan fingerprint density at radius 1 is 0.447 bits per heavy atom. The fourth-order valence-corrected chi connectivity index (χ4v) is 2.84. The number of carbonyl (C=O) groups excluding carboxylic acids is 2. The van der Waals surface area contributed by atoms with Gasteiger partial charge in [0.2, 0.25) is 11.2 Å². The number of esters is 2. The van der Waals surface area contributed by atoms with Crippen molar-refractivity contribution in [2.24, 2.45) is 0 Å². The van der Waals surface area contributed by atoms with E-state index >= 15 is 0 Å². The zero-order valence-corrected chi connectivity index (χ0v) is 18.3. The van der Waals surface area contributed by atoms with Crippen LogP contribution in [0.4, 0.5) is 0 Å². The number of aliphatic hydroxyl groups is 1. The van der Waals surface area contributed by atoms with Crippen LogP contribution in [0.1, 0.15) is 38.5 Å². The molecule has 208 valence electrons. The van der Waals surface area contributed by atoms with E-state index in [-0.39, 0.29) is 29.6 Å². The topological polar surface area (TPSA) is 334 Å². The summed E-state index contributed by atoms with van der Waals surface area (Å²) in [5.41, 5.74) is -10.2. The second-order valence-electron chi connectivity index (χ2n) is 7.52. The van der Waals surface area contributed by atoms with Gasteiger partial charge in [-0.1, -0.05) is 0 Å². The van der Waals surface area contributed by atoms with E-state index in [4.69, 9.17) is 25.5 Å². The SMILES string of the molecule is O=C(O)CC(O)(CC(=O)OC(CC(=O)O)(CC(=O)OC(CC(=O)O)(CC(=O)O)C(=O)O)C(=O)O)C(=O)O.[NaH]. The van der Waals surface area contributed by atoms with E-state index in [2.05, 4.69) is 9.47 Å². The minimum absolute atomic E-state index is 0. The van der Waals surface area contributed by atoms with Crippen molar-refractivity contribution in [3.63, 3.8) is 0 Å². The van der Waals surface area contributed by atoms with Crippen LogP contribution in [-0.4, -0.2) is 141 Å². The Hall–Kier alpha value is -3.81. The molecule has 0 aromatic carbocycles. The molecule has 2 atom stereocenters. The predicted molar refractivity (Wildman–Crippen MR) is 111 cm³/mol. The van der Waals surface area contributed by atoms with Gasteiger partial charge < -0.3 is 50.3 Å². The number of rotatable bonds is 17. The molecule has 0 aliphatic carbocycles. The van der Waals surface area contributed by atoms with Gasteiger partial charge in [0, 0.05) is 0 Å². The fraction of sp³-hybridized carbons (Fsp3) is 0.500. The van der Waals surface area contributed by atoms with Crippen LogP contribution in [0, 0.1) is 0 Å². The van der Waals surface area contributed by atoms with Crippen LogP contribution in [0.25, 0.3) is 0 Å². The maximum absolute atomic E-state index is 12.4. The number of ether oxygens (including phenoxy) is 2. The molecule has 0 aromatic rings. The molecule has 0 aliphatic rings. The molecule has 0 aromatic heterocycles. The van der Waals surface area contributed by atoms with Crippen molar-refractivity contribution >= 4 is 83.3 Å². The molecule has 0 fully saturated rings. The van der Waals surface area contributed by atoms with Crippen LogP contribution in [0.2, 0.25) is 0 Å². The second kappa shape index (κ2) is 14.2. The number of hydrogen-bond acceptors (Lipinski definition) is 12. The first-order valence-corrected chi connectivity index (χ1v) is 9.44. The molecule has 0 saturated heterocycles. The van der Waals surface area contributed by atoms with Gasteiger partial charge in [0.25, 0.3) is 0 Å². The summed E-state index contributed by atoms with van der Waals surface area (Å²) in [7, 11) is 0. The molecule has 19 nitrogen and oxygen atoms in total. The Morgan fingerprint density at radius 3 is 1.00 bits per heavy atom. The van der Waals surface area contributed by atoms with Crippen molar-refractivity contribution < 1.29 is 93.5 Å². The molecular weight excluding hydrogens is 543 g/mol. The number of carboxylic acid groups (broad SMARTS) is 7. The molecule has 0 saturated carbocycles. The Bertz CT molecular complexity index is 1000. The Kier molecular flexibility index (Phi) is 13.6. The summed E-state index contributed by atoms with van der Waals surface area (Å²) in [6, 6.07) is 0. The van der Waals surface area contributed by atoms with Gasteiger partial charge in [-0.15, -0.1) is 0 Å². The molecule has 0 radical (unpaired) electrons. The zero-order valence-electron chi connectivity index (χ0n) is 18.3. The van der Waals surface area contributed by atoms with Crippen LogP contribution in [0.15, 0.2) is 0 Å².